The Bertz CT molecular complexity index is 1690. The molecule has 1 saturated carbocycles. The molecular formula is C28H25F3N6O4S. The van der Waals surface area contributed by atoms with Gasteiger partial charge < -0.3 is 5.32 Å². The molecule has 2 heterocycles. The number of hydrogen-bond acceptors (Lipinski definition) is 6. The number of anilines is 2. The quantitative estimate of drug-likeness (QED) is 0.429. The third-order valence-electron chi connectivity index (χ3n) is 7.14. The lowest BCUT2D eigenvalue weighted by Gasteiger charge is -2.39. The fraction of sp³-hybridized carbons (Fsp3) is 0.286. The van der Waals surface area contributed by atoms with Crippen molar-refractivity contribution in [1.29, 1.82) is 5.26 Å². The van der Waals surface area contributed by atoms with Gasteiger partial charge in [-0.05, 0) is 48.4 Å². The summed E-state index contributed by atoms with van der Waals surface area (Å²) in [6.07, 6.45) is 0.0603. The van der Waals surface area contributed by atoms with Crippen molar-refractivity contribution < 1.29 is 31.2 Å². The molecule has 2 aliphatic rings. The predicted molar refractivity (Wildman–Crippen MR) is 146 cm³/mol. The van der Waals surface area contributed by atoms with Gasteiger partial charge in [0.15, 0.2) is 0 Å². The number of amides is 2. The normalized spacial score (nSPS) is 19.8. The first-order chi connectivity index (χ1) is 19.9. The molecule has 14 heteroatoms. The van der Waals surface area contributed by atoms with E-state index in [1.54, 1.807) is 31.2 Å². The number of rotatable bonds is 7. The number of pyridine rings is 1. The van der Waals surface area contributed by atoms with Gasteiger partial charge in [-0.3, -0.25) is 14.5 Å². The minimum atomic E-state index is -4.32. The van der Waals surface area contributed by atoms with E-state index < -0.39 is 71.3 Å². The van der Waals surface area contributed by atoms with E-state index in [0.29, 0.717) is 15.4 Å². The number of alkyl halides is 2. The highest BCUT2D eigenvalue weighted by atomic mass is 32.2. The summed E-state index contributed by atoms with van der Waals surface area (Å²) in [6, 6.07) is 12.0. The second kappa shape index (κ2) is 11.1. The molecular weight excluding hydrogens is 573 g/mol. The second-order valence-electron chi connectivity index (χ2n) is 10.1. The second-order valence-corrected chi connectivity index (χ2v) is 11.7. The molecule has 2 fully saturated rings. The number of benzene rings is 2. The number of nitriles is 1. The Kier molecular flexibility index (Phi) is 7.65. The SMILES string of the molecule is Cc1ccccc1C(C(=O)NC1CC(F)(F)C1)N(C(=O)[C@@H]1CNS(=O)(=O)N1c1cc(C#N)ccn1)c1cccc(F)c1. The van der Waals surface area contributed by atoms with Crippen molar-refractivity contribution in [3.05, 3.63) is 89.4 Å². The van der Waals surface area contributed by atoms with E-state index >= 15 is 0 Å². The Hall–Kier alpha value is -4.48. The van der Waals surface area contributed by atoms with Crippen molar-refractivity contribution in [3.8, 4) is 6.07 Å². The molecule has 1 aliphatic heterocycles. The van der Waals surface area contributed by atoms with E-state index in [-0.39, 0.29) is 17.1 Å². The highest BCUT2D eigenvalue weighted by Gasteiger charge is 2.49. The number of aromatic nitrogens is 1. The fourth-order valence-electron chi connectivity index (χ4n) is 5.11. The molecule has 2 atom stereocenters. The number of aryl methyl sites for hydroxylation is 1. The smallest absolute Gasteiger partial charge is 0.303 e. The maximum absolute atomic E-state index is 14.5. The molecule has 0 spiro atoms. The van der Waals surface area contributed by atoms with Gasteiger partial charge in [0.05, 0.1) is 11.6 Å². The largest absolute Gasteiger partial charge is 0.351 e. The van der Waals surface area contributed by atoms with Crippen LogP contribution in [0.5, 0.6) is 0 Å². The Morgan fingerprint density at radius 1 is 1.17 bits per heavy atom. The van der Waals surface area contributed by atoms with Crippen LogP contribution in [0.15, 0.2) is 66.9 Å². The van der Waals surface area contributed by atoms with Gasteiger partial charge in [-0.25, -0.2) is 22.5 Å². The maximum atomic E-state index is 14.5. The number of halogens is 3. The minimum absolute atomic E-state index is 0.0645. The van der Waals surface area contributed by atoms with E-state index in [2.05, 4.69) is 15.0 Å². The summed E-state index contributed by atoms with van der Waals surface area (Å²) < 4.78 is 70.9. The van der Waals surface area contributed by atoms with Gasteiger partial charge in [0.1, 0.15) is 23.7 Å². The molecule has 42 heavy (non-hydrogen) atoms. The van der Waals surface area contributed by atoms with Gasteiger partial charge in [-0.1, -0.05) is 30.3 Å². The first-order valence-electron chi connectivity index (χ1n) is 12.9. The van der Waals surface area contributed by atoms with Crippen molar-refractivity contribution in [2.45, 2.75) is 43.8 Å². The van der Waals surface area contributed by atoms with Crippen molar-refractivity contribution in [1.82, 2.24) is 15.0 Å². The Balaban J connectivity index is 1.63. The molecule has 2 amide bonds. The molecule has 0 bridgehead atoms. The van der Waals surface area contributed by atoms with Gasteiger partial charge in [-0.15, -0.1) is 0 Å². The van der Waals surface area contributed by atoms with Gasteiger partial charge in [0.25, 0.3) is 11.8 Å². The van der Waals surface area contributed by atoms with E-state index in [1.165, 1.54) is 30.5 Å². The standard InChI is InChI=1S/C28H25F3N6O4S/c1-17-5-2-3-8-22(17)25(26(38)35-20-13-28(30,31)14-20)36(21-7-4-6-19(29)12-21)27(39)23-16-34-42(40,41)37(23)24-11-18(15-32)9-10-33-24/h2-12,20,23,25,34H,13-14,16H2,1H3,(H,35,38)/t23-,25?/m0/s1. The lowest BCUT2D eigenvalue weighted by Crippen LogP contribution is -2.56. The summed E-state index contributed by atoms with van der Waals surface area (Å²) in [7, 11) is -4.32. The molecule has 1 saturated heterocycles. The van der Waals surface area contributed by atoms with Crippen molar-refractivity contribution in [2.75, 3.05) is 15.7 Å². The highest BCUT2D eigenvalue weighted by Crippen LogP contribution is 2.39. The molecule has 1 aliphatic carbocycles. The average Bonchev–Trinajstić information content (AvgIpc) is 3.25. The molecule has 3 aromatic rings. The predicted octanol–water partition coefficient (Wildman–Crippen LogP) is 3.11. The van der Waals surface area contributed by atoms with Crippen LogP contribution in [0.4, 0.5) is 24.7 Å². The number of carbonyl (C=O) groups excluding carboxylic acids is 2. The third kappa shape index (κ3) is 5.65. The van der Waals surface area contributed by atoms with Crippen molar-refractivity contribution >= 4 is 33.5 Å². The van der Waals surface area contributed by atoms with E-state index in [0.717, 1.165) is 17.0 Å². The topological polar surface area (TPSA) is 136 Å². The summed E-state index contributed by atoms with van der Waals surface area (Å²) in [6.45, 7) is 1.26. The summed E-state index contributed by atoms with van der Waals surface area (Å²) >= 11 is 0. The molecule has 0 radical (unpaired) electrons. The first kappa shape index (κ1) is 29.0. The van der Waals surface area contributed by atoms with Crippen LogP contribution in [0.3, 0.4) is 0 Å². The van der Waals surface area contributed by atoms with Crippen LogP contribution in [-0.4, -0.2) is 49.8 Å². The molecule has 2 aromatic carbocycles. The Labute approximate surface area is 239 Å². The molecule has 10 nitrogen and oxygen atoms in total. The summed E-state index contributed by atoms with van der Waals surface area (Å²) in [5, 5.41) is 11.9. The monoisotopic (exact) mass is 598 g/mol. The zero-order chi connectivity index (χ0) is 30.2. The van der Waals surface area contributed by atoms with Crippen LogP contribution in [0.1, 0.15) is 35.6 Å². The molecule has 5 rings (SSSR count). The van der Waals surface area contributed by atoms with Crippen LogP contribution >= 0.6 is 0 Å². The van der Waals surface area contributed by atoms with E-state index in [1.807, 2.05) is 6.07 Å². The number of carbonyl (C=O) groups is 2. The minimum Gasteiger partial charge on any atom is -0.351 e. The van der Waals surface area contributed by atoms with Crippen LogP contribution in [-0.2, 0) is 19.8 Å². The van der Waals surface area contributed by atoms with E-state index in [4.69, 9.17) is 0 Å². The van der Waals surface area contributed by atoms with Gasteiger partial charge in [0, 0.05) is 37.3 Å². The number of nitrogens with zero attached hydrogens (tertiary/aromatic N) is 4. The summed E-state index contributed by atoms with van der Waals surface area (Å²) in [5.74, 6) is -5.59. The number of hydrogen-bond donors (Lipinski definition) is 2. The van der Waals surface area contributed by atoms with Gasteiger partial charge >= 0.3 is 10.2 Å². The molecule has 1 unspecified atom stereocenters. The summed E-state index contributed by atoms with van der Waals surface area (Å²) in [5.41, 5.74) is 0.918. The van der Waals surface area contributed by atoms with Crippen LogP contribution < -0.4 is 19.2 Å². The molecule has 1 aromatic heterocycles. The number of nitrogens with one attached hydrogen (secondary N) is 2. The summed E-state index contributed by atoms with van der Waals surface area (Å²) in [4.78, 5) is 33.3. The zero-order valence-corrected chi connectivity index (χ0v) is 23.0. The lowest BCUT2D eigenvalue weighted by atomic mass is 9.87. The fourth-order valence-corrected chi connectivity index (χ4v) is 6.46. The van der Waals surface area contributed by atoms with Crippen LogP contribution in [0, 0.1) is 24.1 Å². The third-order valence-corrected chi connectivity index (χ3v) is 8.63. The molecule has 2 N–H and O–H groups in total. The van der Waals surface area contributed by atoms with Crippen LogP contribution in [0.2, 0.25) is 0 Å². The highest BCUT2D eigenvalue weighted by molar-refractivity contribution is 7.91. The van der Waals surface area contributed by atoms with Gasteiger partial charge in [0.2, 0.25) is 5.91 Å². The average molecular weight is 599 g/mol. The van der Waals surface area contributed by atoms with Gasteiger partial charge in [-0.2, -0.15) is 18.4 Å². The Morgan fingerprint density at radius 2 is 1.90 bits per heavy atom. The molecule has 218 valence electrons. The van der Waals surface area contributed by atoms with E-state index in [9.17, 15) is 36.4 Å². The first-order valence-corrected chi connectivity index (χ1v) is 14.3. The zero-order valence-electron chi connectivity index (χ0n) is 22.2. The maximum Gasteiger partial charge on any atom is 0.303 e. The Morgan fingerprint density at radius 3 is 2.57 bits per heavy atom. The van der Waals surface area contributed by atoms with Crippen molar-refractivity contribution in [3.63, 3.8) is 0 Å². The van der Waals surface area contributed by atoms with Crippen molar-refractivity contribution in [2.24, 2.45) is 0 Å². The lowest BCUT2D eigenvalue weighted by molar-refractivity contribution is -0.133. The van der Waals surface area contributed by atoms with Crippen LogP contribution in [0.25, 0.3) is 0 Å².